The Balaban J connectivity index is 1.68. The van der Waals surface area contributed by atoms with E-state index < -0.39 is 0 Å². The van der Waals surface area contributed by atoms with E-state index in [2.05, 4.69) is 22.6 Å². The number of nitrogens with one attached hydrogen (secondary N) is 1. The highest BCUT2D eigenvalue weighted by Crippen LogP contribution is 2.51. The maximum Gasteiger partial charge on any atom is 0.233 e. The highest BCUT2D eigenvalue weighted by Gasteiger charge is 2.42. The molecular weight excluding hydrogens is 392 g/mol. The maximum atomic E-state index is 13.6. The SMILES string of the molecule is COc1cccc([C@H]2C3=C(C[C@@H](c4ccccc4)CC3=O)Nc3onc(C)c32)c1OC. The van der Waals surface area contributed by atoms with Gasteiger partial charge in [-0.25, -0.2) is 0 Å². The first-order valence-electron chi connectivity index (χ1n) is 10.4. The molecule has 0 radical (unpaired) electrons. The van der Waals surface area contributed by atoms with Gasteiger partial charge in [-0.15, -0.1) is 0 Å². The summed E-state index contributed by atoms with van der Waals surface area (Å²) in [5.41, 5.74) is 5.31. The van der Waals surface area contributed by atoms with Crippen molar-refractivity contribution in [3.8, 4) is 11.5 Å². The van der Waals surface area contributed by atoms with E-state index in [-0.39, 0.29) is 17.6 Å². The number of carbonyl (C=O) groups is 1. The molecule has 2 aliphatic rings. The fourth-order valence-corrected chi connectivity index (χ4v) is 4.88. The van der Waals surface area contributed by atoms with Gasteiger partial charge in [-0.3, -0.25) is 4.79 Å². The second-order valence-electron chi connectivity index (χ2n) is 7.98. The van der Waals surface area contributed by atoms with Gasteiger partial charge >= 0.3 is 0 Å². The molecule has 31 heavy (non-hydrogen) atoms. The number of aryl methyl sites for hydroxylation is 1. The van der Waals surface area contributed by atoms with Crippen molar-refractivity contribution in [3.05, 3.63) is 82.2 Å². The zero-order valence-electron chi connectivity index (χ0n) is 17.8. The van der Waals surface area contributed by atoms with Crippen molar-refractivity contribution in [1.82, 2.24) is 5.16 Å². The number of para-hydroxylation sites is 1. The number of carbonyl (C=O) groups excluding carboxylic acids is 1. The number of rotatable bonds is 4. The van der Waals surface area contributed by atoms with E-state index in [1.54, 1.807) is 14.2 Å². The molecular formula is C25H24N2O4. The van der Waals surface area contributed by atoms with Gasteiger partial charge in [0.1, 0.15) is 0 Å². The number of allylic oxidation sites excluding steroid dienone is 2. The van der Waals surface area contributed by atoms with Gasteiger partial charge in [-0.1, -0.05) is 47.6 Å². The summed E-state index contributed by atoms with van der Waals surface area (Å²) < 4.78 is 16.9. The van der Waals surface area contributed by atoms with E-state index in [9.17, 15) is 4.79 Å². The molecule has 1 aromatic heterocycles. The number of ketones is 1. The number of fused-ring (bicyclic) bond motifs is 1. The van der Waals surface area contributed by atoms with Crippen molar-refractivity contribution < 1.29 is 18.8 Å². The third-order valence-electron chi connectivity index (χ3n) is 6.27. The molecule has 158 valence electrons. The largest absolute Gasteiger partial charge is 0.493 e. The summed E-state index contributed by atoms with van der Waals surface area (Å²) in [5.74, 6) is 1.76. The highest BCUT2D eigenvalue weighted by molar-refractivity contribution is 6.01. The lowest BCUT2D eigenvalue weighted by Crippen LogP contribution is -2.29. The molecule has 1 aliphatic carbocycles. The molecule has 6 nitrogen and oxygen atoms in total. The molecule has 2 aromatic carbocycles. The Hall–Kier alpha value is -3.54. The van der Waals surface area contributed by atoms with Crippen LogP contribution in [0.1, 0.15) is 47.1 Å². The van der Waals surface area contributed by atoms with Crippen LogP contribution in [0.5, 0.6) is 11.5 Å². The Morgan fingerprint density at radius 3 is 2.58 bits per heavy atom. The zero-order valence-corrected chi connectivity index (χ0v) is 17.8. The maximum absolute atomic E-state index is 13.6. The van der Waals surface area contributed by atoms with Crippen LogP contribution in [-0.2, 0) is 4.79 Å². The monoisotopic (exact) mass is 416 g/mol. The molecule has 0 saturated carbocycles. The summed E-state index contributed by atoms with van der Waals surface area (Å²) in [5, 5.41) is 7.56. The molecule has 0 unspecified atom stereocenters. The molecule has 0 spiro atoms. The molecule has 0 amide bonds. The Morgan fingerprint density at radius 1 is 1.03 bits per heavy atom. The number of hydrogen-bond donors (Lipinski definition) is 1. The average molecular weight is 416 g/mol. The second-order valence-corrected chi connectivity index (χ2v) is 7.98. The Bertz CT molecular complexity index is 1180. The Kier molecular flexibility index (Phi) is 4.77. The number of hydrogen-bond acceptors (Lipinski definition) is 6. The molecule has 5 rings (SSSR count). The molecule has 1 N–H and O–H groups in total. The van der Waals surface area contributed by atoms with Crippen LogP contribution < -0.4 is 14.8 Å². The summed E-state index contributed by atoms with van der Waals surface area (Å²) in [6.07, 6.45) is 1.19. The Morgan fingerprint density at radius 2 is 1.84 bits per heavy atom. The van der Waals surface area contributed by atoms with Gasteiger partial charge in [0, 0.05) is 23.3 Å². The van der Waals surface area contributed by atoms with Crippen molar-refractivity contribution in [2.75, 3.05) is 19.5 Å². The van der Waals surface area contributed by atoms with Gasteiger partial charge in [0.2, 0.25) is 5.88 Å². The molecule has 0 saturated heterocycles. The van der Waals surface area contributed by atoms with Gasteiger partial charge in [0.15, 0.2) is 17.3 Å². The van der Waals surface area contributed by atoms with Crippen LogP contribution in [0.4, 0.5) is 5.88 Å². The molecule has 2 atom stereocenters. The summed E-state index contributed by atoms with van der Waals surface area (Å²) >= 11 is 0. The summed E-state index contributed by atoms with van der Waals surface area (Å²) in [6.45, 7) is 1.90. The van der Waals surface area contributed by atoms with Crippen molar-refractivity contribution >= 4 is 11.7 Å². The van der Waals surface area contributed by atoms with Crippen LogP contribution in [0, 0.1) is 6.92 Å². The number of aromatic nitrogens is 1. The number of nitrogens with zero attached hydrogens (tertiary/aromatic N) is 1. The molecule has 0 bridgehead atoms. The summed E-state index contributed by atoms with van der Waals surface area (Å²) in [6, 6.07) is 15.9. The minimum absolute atomic E-state index is 0.123. The first-order chi connectivity index (χ1) is 15.1. The smallest absolute Gasteiger partial charge is 0.233 e. The third kappa shape index (κ3) is 3.10. The number of methoxy groups -OCH3 is 2. The number of Topliss-reactive ketones (excluding diaryl/α,β-unsaturated/α-hetero) is 1. The first-order valence-corrected chi connectivity index (χ1v) is 10.4. The van der Waals surface area contributed by atoms with Gasteiger partial charge in [0.25, 0.3) is 0 Å². The van der Waals surface area contributed by atoms with E-state index in [1.165, 1.54) is 5.56 Å². The lowest BCUT2D eigenvalue weighted by atomic mass is 9.72. The standard InChI is InChI=1S/C25H24N2O4/c1-14-21-22(17-10-7-11-20(29-2)24(17)30-3)23-18(26-25(21)31-27-14)12-16(13-19(23)28)15-8-5-4-6-9-15/h4-11,16,22,26H,12-13H2,1-3H3/t16-,22-/m1/s1. The fourth-order valence-electron chi connectivity index (χ4n) is 4.88. The van der Waals surface area contributed by atoms with Crippen molar-refractivity contribution in [2.24, 2.45) is 0 Å². The zero-order chi connectivity index (χ0) is 21.5. The van der Waals surface area contributed by atoms with E-state index in [1.807, 2.05) is 43.3 Å². The second kappa shape index (κ2) is 7.61. The van der Waals surface area contributed by atoms with Crippen LogP contribution in [-0.4, -0.2) is 25.2 Å². The van der Waals surface area contributed by atoms with Gasteiger partial charge < -0.3 is 19.3 Å². The van der Waals surface area contributed by atoms with Crippen LogP contribution in [0.15, 0.2) is 64.3 Å². The molecule has 3 aromatic rings. The van der Waals surface area contributed by atoms with Gasteiger partial charge in [-0.2, -0.15) is 0 Å². The lowest BCUT2D eigenvalue weighted by molar-refractivity contribution is -0.116. The van der Waals surface area contributed by atoms with Gasteiger partial charge in [0.05, 0.1) is 31.4 Å². The molecule has 2 heterocycles. The van der Waals surface area contributed by atoms with Crippen LogP contribution >= 0.6 is 0 Å². The van der Waals surface area contributed by atoms with E-state index in [0.29, 0.717) is 23.8 Å². The van der Waals surface area contributed by atoms with Gasteiger partial charge in [-0.05, 0) is 30.9 Å². The third-order valence-corrected chi connectivity index (χ3v) is 6.27. The number of benzene rings is 2. The minimum Gasteiger partial charge on any atom is -0.493 e. The van der Waals surface area contributed by atoms with E-state index >= 15 is 0 Å². The first kappa shape index (κ1) is 19.4. The molecule has 1 aliphatic heterocycles. The van der Waals surface area contributed by atoms with E-state index in [4.69, 9.17) is 14.0 Å². The Labute approximate surface area is 180 Å². The van der Waals surface area contributed by atoms with Crippen molar-refractivity contribution in [2.45, 2.75) is 31.6 Å². The minimum atomic E-state index is -0.327. The predicted octanol–water partition coefficient (Wildman–Crippen LogP) is 4.96. The summed E-state index contributed by atoms with van der Waals surface area (Å²) in [7, 11) is 3.23. The van der Waals surface area contributed by atoms with Crippen molar-refractivity contribution in [1.29, 1.82) is 0 Å². The van der Waals surface area contributed by atoms with Crippen LogP contribution in [0.3, 0.4) is 0 Å². The number of anilines is 1. The molecule has 0 fully saturated rings. The summed E-state index contributed by atoms with van der Waals surface area (Å²) in [4.78, 5) is 13.6. The predicted molar refractivity (Wildman–Crippen MR) is 117 cm³/mol. The van der Waals surface area contributed by atoms with Crippen LogP contribution in [0.25, 0.3) is 0 Å². The van der Waals surface area contributed by atoms with E-state index in [0.717, 1.165) is 34.5 Å². The lowest BCUT2D eigenvalue weighted by Gasteiger charge is -2.35. The average Bonchev–Trinajstić information content (AvgIpc) is 3.17. The fraction of sp³-hybridized carbons (Fsp3) is 0.280. The highest BCUT2D eigenvalue weighted by atomic mass is 16.5. The quantitative estimate of drug-likeness (QED) is 0.648. The normalized spacial score (nSPS) is 20.0. The van der Waals surface area contributed by atoms with Crippen molar-refractivity contribution in [3.63, 3.8) is 0 Å². The number of ether oxygens (including phenoxy) is 2. The topological polar surface area (TPSA) is 73.6 Å². The molecule has 6 heteroatoms. The van der Waals surface area contributed by atoms with Crippen LogP contribution in [0.2, 0.25) is 0 Å².